The highest BCUT2D eigenvalue weighted by Gasteiger charge is 2.29. The average Bonchev–Trinajstić information content (AvgIpc) is 3.12. The highest BCUT2D eigenvalue weighted by molar-refractivity contribution is 8.00. The van der Waals surface area contributed by atoms with Gasteiger partial charge in [-0.2, -0.15) is 47.0 Å². The molecule has 1 rings (SSSR count). The van der Waals surface area contributed by atoms with Crippen LogP contribution in [0.15, 0.2) is 0 Å². The molecule has 0 amide bonds. The molecule has 4 atom stereocenters. The Labute approximate surface area is 353 Å². The maximum Gasteiger partial charge on any atom is 0.302 e. The fraction of sp³-hybridized carbons (Fsp3) is 0.955. The highest BCUT2D eigenvalue weighted by Crippen LogP contribution is 2.40. The summed E-state index contributed by atoms with van der Waals surface area (Å²) < 4.78 is 9.62. The molecule has 0 aromatic heterocycles. The van der Waals surface area contributed by atoms with Crippen LogP contribution in [0.1, 0.15) is 150 Å². The SMILES string of the molecule is CC(=O)OCCCCCCSCCCCCCCCSCCCCCCOC=O.CC1CCC(CCC(SCCN(C)C)C(C)C)C(SCCN(C)C)C1. The number of ether oxygens (including phenoxy) is 2. The average molecular weight is 837 g/mol. The third-order valence-electron chi connectivity index (χ3n) is 10.2. The summed E-state index contributed by atoms with van der Waals surface area (Å²) in [5.41, 5.74) is 0. The molecule has 1 saturated carbocycles. The van der Waals surface area contributed by atoms with Crippen LogP contribution in [0.5, 0.6) is 0 Å². The molecule has 322 valence electrons. The van der Waals surface area contributed by atoms with Gasteiger partial charge in [-0.25, -0.2) is 0 Å². The molecular formula is C44H88N2O4S4. The maximum atomic E-state index is 10.6. The smallest absolute Gasteiger partial charge is 0.302 e. The second kappa shape index (κ2) is 40.1. The zero-order valence-electron chi connectivity index (χ0n) is 36.6. The first kappa shape index (κ1) is 54.3. The van der Waals surface area contributed by atoms with Gasteiger partial charge in [0.15, 0.2) is 0 Å². The van der Waals surface area contributed by atoms with E-state index in [4.69, 9.17) is 4.74 Å². The molecule has 0 aliphatic heterocycles. The zero-order chi connectivity index (χ0) is 40.1. The van der Waals surface area contributed by atoms with Gasteiger partial charge < -0.3 is 19.3 Å². The van der Waals surface area contributed by atoms with Crippen molar-refractivity contribution in [3.8, 4) is 0 Å². The summed E-state index contributed by atoms with van der Waals surface area (Å²) in [6.45, 7) is 12.9. The highest BCUT2D eigenvalue weighted by atomic mass is 32.2. The second-order valence-corrected chi connectivity index (χ2v) is 21.5. The lowest BCUT2D eigenvalue weighted by molar-refractivity contribution is -0.141. The number of carbonyl (C=O) groups excluding carboxylic acids is 2. The summed E-state index contributed by atoms with van der Waals surface area (Å²) >= 11 is 8.67. The first-order valence-electron chi connectivity index (χ1n) is 21.9. The van der Waals surface area contributed by atoms with Crippen molar-refractivity contribution in [1.29, 1.82) is 0 Å². The number of hydrogen-bond donors (Lipinski definition) is 0. The molecule has 0 radical (unpaired) electrons. The number of carbonyl (C=O) groups is 2. The maximum absolute atomic E-state index is 10.6. The number of hydrogen-bond acceptors (Lipinski definition) is 10. The monoisotopic (exact) mass is 837 g/mol. The minimum Gasteiger partial charge on any atom is -0.468 e. The van der Waals surface area contributed by atoms with Gasteiger partial charge in [-0.05, 0) is 133 Å². The molecule has 0 spiro atoms. The van der Waals surface area contributed by atoms with E-state index in [9.17, 15) is 9.59 Å². The van der Waals surface area contributed by atoms with Crippen LogP contribution in [0.2, 0.25) is 0 Å². The number of rotatable bonds is 36. The molecule has 0 aromatic rings. The van der Waals surface area contributed by atoms with E-state index in [0.717, 1.165) is 41.1 Å². The van der Waals surface area contributed by atoms with Crippen LogP contribution in [0, 0.1) is 17.8 Å². The van der Waals surface area contributed by atoms with Crippen molar-refractivity contribution in [1.82, 2.24) is 9.80 Å². The van der Waals surface area contributed by atoms with Crippen LogP contribution in [-0.2, 0) is 19.1 Å². The number of nitrogens with zero attached hydrogens (tertiary/aromatic N) is 2. The molecule has 0 bridgehead atoms. The summed E-state index contributed by atoms with van der Waals surface area (Å²) in [6, 6.07) is 0. The molecule has 1 aliphatic carbocycles. The summed E-state index contributed by atoms with van der Waals surface area (Å²) in [7, 11) is 8.76. The molecule has 54 heavy (non-hydrogen) atoms. The Bertz CT molecular complexity index is 823. The van der Waals surface area contributed by atoms with Gasteiger partial charge in [0.1, 0.15) is 0 Å². The fourth-order valence-corrected chi connectivity index (χ4v) is 12.0. The van der Waals surface area contributed by atoms with Crippen LogP contribution in [0.4, 0.5) is 0 Å². The molecule has 0 heterocycles. The van der Waals surface area contributed by atoms with Gasteiger partial charge >= 0.3 is 5.97 Å². The summed E-state index contributed by atoms with van der Waals surface area (Å²) in [4.78, 5) is 25.3. The van der Waals surface area contributed by atoms with Crippen LogP contribution in [-0.4, -0.2) is 122 Å². The van der Waals surface area contributed by atoms with Gasteiger partial charge in [0.05, 0.1) is 13.2 Å². The third kappa shape index (κ3) is 37.8. The van der Waals surface area contributed by atoms with Crippen molar-refractivity contribution < 1.29 is 19.1 Å². The lowest BCUT2D eigenvalue weighted by Crippen LogP contribution is -2.29. The van der Waals surface area contributed by atoms with E-state index < -0.39 is 0 Å². The standard InChI is InChI=1S/C23H44O4S2.C21H44N2S2/c1-23(25)27-17-11-5-9-15-21-29-19-13-7-3-2-6-12-18-28-20-14-8-4-10-16-26-22-24;1-17(2)20(24-14-12-22(4)5)11-10-19-9-8-18(3)16-21(19)25-15-13-23(6)7/h22H,2-21H2,1H3;17-21H,8-16H2,1-7H3. The van der Waals surface area contributed by atoms with Crippen molar-refractivity contribution in [3.05, 3.63) is 0 Å². The Morgan fingerprint density at radius 1 is 0.704 bits per heavy atom. The number of unbranched alkanes of at least 4 members (excludes halogenated alkanes) is 11. The fourth-order valence-electron chi connectivity index (χ4n) is 6.67. The Hall–Kier alpha value is 0.260. The van der Waals surface area contributed by atoms with Crippen LogP contribution >= 0.6 is 47.0 Å². The molecule has 6 nitrogen and oxygen atoms in total. The van der Waals surface area contributed by atoms with E-state index in [1.807, 2.05) is 0 Å². The first-order chi connectivity index (χ1) is 26.1. The van der Waals surface area contributed by atoms with E-state index in [2.05, 4.69) is 111 Å². The van der Waals surface area contributed by atoms with Gasteiger partial charge in [0, 0.05) is 42.0 Å². The van der Waals surface area contributed by atoms with Crippen molar-refractivity contribution in [3.63, 3.8) is 0 Å². The molecule has 10 heteroatoms. The zero-order valence-corrected chi connectivity index (χ0v) is 39.9. The van der Waals surface area contributed by atoms with Gasteiger partial charge in [-0.15, -0.1) is 0 Å². The summed E-state index contributed by atoms with van der Waals surface area (Å²) in [5, 5.41) is 1.75. The van der Waals surface area contributed by atoms with Gasteiger partial charge in [-0.3, -0.25) is 9.59 Å². The lowest BCUT2D eigenvalue weighted by Gasteiger charge is -2.36. The molecule has 0 N–H and O–H groups in total. The van der Waals surface area contributed by atoms with Crippen molar-refractivity contribution >= 4 is 59.5 Å². The van der Waals surface area contributed by atoms with Crippen molar-refractivity contribution in [2.75, 3.05) is 89.0 Å². The Kier molecular flexibility index (Phi) is 40.3. The normalized spacial score (nSPS) is 17.8. The quantitative estimate of drug-likeness (QED) is 0.0346. The lowest BCUT2D eigenvalue weighted by atomic mass is 9.80. The molecule has 0 saturated heterocycles. The van der Waals surface area contributed by atoms with E-state index in [1.165, 1.54) is 164 Å². The predicted molar refractivity (Wildman–Crippen MR) is 248 cm³/mol. The molecule has 1 aliphatic rings. The first-order valence-corrected chi connectivity index (χ1v) is 26.3. The number of esters is 1. The minimum absolute atomic E-state index is 0.165. The van der Waals surface area contributed by atoms with E-state index in [-0.39, 0.29) is 5.97 Å². The van der Waals surface area contributed by atoms with Gasteiger partial charge in [-0.1, -0.05) is 78.6 Å². The predicted octanol–water partition coefficient (Wildman–Crippen LogP) is 11.8. The van der Waals surface area contributed by atoms with Gasteiger partial charge in [0.2, 0.25) is 0 Å². The largest absolute Gasteiger partial charge is 0.468 e. The van der Waals surface area contributed by atoms with Crippen LogP contribution in [0.3, 0.4) is 0 Å². The van der Waals surface area contributed by atoms with Gasteiger partial charge in [0.25, 0.3) is 6.47 Å². The van der Waals surface area contributed by atoms with E-state index in [1.54, 1.807) is 0 Å². The third-order valence-corrected chi connectivity index (χ3v) is 15.5. The minimum atomic E-state index is -0.165. The molecule has 4 unspecified atom stereocenters. The Morgan fingerprint density at radius 2 is 1.20 bits per heavy atom. The molecule has 0 aromatic carbocycles. The Balaban J connectivity index is 0.00000105. The second-order valence-electron chi connectivity index (χ2n) is 16.4. The summed E-state index contributed by atoms with van der Waals surface area (Å²) in [5.74, 6) is 10.3. The molecule has 1 fully saturated rings. The van der Waals surface area contributed by atoms with Crippen molar-refractivity contribution in [2.24, 2.45) is 17.8 Å². The van der Waals surface area contributed by atoms with Crippen LogP contribution < -0.4 is 0 Å². The van der Waals surface area contributed by atoms with E-state index >= 15 is 0 Å². The van der Waals surface area contributed by atoms with Crippen LogP contribution in [0.25, 0.3) is 0 Å². The van der Waals surface area contributed by atoms with Crippen molar-refractivity contribution in [2.45, 2.75) is 160 Å². The summed E-state index contributed by atoms with van der Waals surface area (Å²) in [6.07, 6.45) is 24.9. The topological polar surface area (TPSA) is 59.1 Å². The van der Waals surface area contributed by atoms with E-state index in [0.29, 0.717) is 19.7 Å². The molecular weight excluding hydrogens is 749 g/mol. The number of thioether (sulfide) groups is 4. The Morgan fingerprint density at radius 3 is 1.70 bits per heavy atom.